The molecule has 1 amide bonds. The summed E-state index contributed by atoms with van der Waals surface area (Å²) in [6, 6.07) is 7.80. The quantitative estimate of drug-likeness (QED) is 0.816. The molecule has 1 N–H and O–H groups in total. The van der Waals surface area contributed by atoms with Gasteiger partial charge in [0.1, 0.15) is 11.9 Å². The van der Waals surface area contributed by atoms with E-state index in [0.717, 1.165) is 36.6 Å². The molecule has 0 bridgehead atoms. The standard InChI is InChI=1S/C20H27N5O3/c1-27-16-7-5-15(6-8-16)18-13-25-17(14-28-18)19(22-23-25)20(26)21-9-12-24-10-3-2-4-11-24/h5-8,18H,2-4,9-14H2,1H3,(H,21,26). The van der Waals surface area contributed by atoms with E-state index in [2.05, 4.69) is 20.5 Å². The number of amides is 1. The highest BCUT2D eigenvalue weighted by Gasteiger charge is 2.27. The SMILES string of the molecule is COc1ccc(C2Cn3nnc(C(=O)NCCN4CCCCC4)c3CO2)cc1. The minimum atomic E-state index is -0.176. The molecule has 2 aliphatic rings. The zero-order valence-corrected chi connectivity index (χ0v) is 16.3. The fourth-order valence-corrected chi connectivity index (χ4v) is 3.80. The molecular formula is C20H27N5O3. The number of carbonyl (C=O) groups excluding carboxylic acids is 1. The predicted molar refractivity (Wildman–Crippen MR) is 103 cm³/mol. The van der Waals surface area contributed by atoms with E-state index in [9.17, 15) is 4.79 Å². The van der Waals surface area contributed by atoms with E-state index >= 15 is 0 Å². The van der Waals surface area contributed by atoms with Crippen molar-refractivity contribution in [2.75, 3.05) is 33.3 Å². The third-order valence-electron chi connectivity index (χ3n) is 5.46. The number of piperidine rings is 1. The lowest BCUT2D eigenvalue weighted by molar-refractivity contribution is -0.00179. The van der Waals surface area contributed by atoms with Crippen molar-refractivity contribution in [3.8, 4) is 5.75 Å². The van der Waals surface area contributed by atoms with Crippen LogP contribution < -0.4 is 10.1 Å². The fourth-order valence-electron chi connectivity index (χ4n) is 3.80. The van der Waals surface area contributed by atoms with Crippen LogP contribution in [0.2, 0.25) is 0 Å². The van der Waals surface area contributed by atoms with Crippen molar-refractivity contribution in [2.24, 2.45) is 0 Å². The summed E-state index contributed by atoms with van der Waals surface area (Å²) >= 11 is 0. The number of nitrogens with one attached hydrogen (secondary N) is 1. The average Bonchev–Trinajstić information content (AvgIpc) is 3.18. The Morgan fingerprint density at radius 3 is 2.79 bits per heavy atom. The van der Waals surface area contributed by atoms with Crippen LogP contribution in [0.5, 0.6) is 5.75 Å². The van der Waals surface area contributed by atoms with Gasteiger partial charge in [0.15, 0.2) is 5.69 Å². The molecule has 3 heterocycles. The Bertz CT molecular complexity index is 799. The van der Waals surface area contributed by atoms with E-state index in [-0.39, 0.29) is 12.0 Å². The Morgan fingerprint density at radius 1 is 1.25 bits per heavy atom. The first-order valence-corrected chi connectivity index (χ1v) is 9.93. The lowest BCUT2D eigenvalue weighted by Crippen LogP contribution is -2.38. The van der Waals surface area contributed by atoms with Gasteiger partial charge in [-0.25, -0.2) is 4.68 Å². The van der Waals surface area contributed by atoms with Gasteiger partial charge in [-0.1, -0.05) is 23.8 Å². The van der Waals surface area contributed by atoms with Gasteiger partial charge in [0.2, 0.25) is 0 Å². The van der Waals surface area contributed by atoms with E-state index in [1.54, 1.807) is 11.8 Å². The van der Waals surface area contributed by atoms with Crippen molar-refractivity contribution in [3.63, 3.8) is 0 Å². The van der Waals surface area contributed by atoms with Crippen LogP contribution in [0.1, 0.15) is 47.1 Å². The van der Waals surface area contributed by atoms with Gasteiger partial charge in [-0.05, 0) is 43.6 Å². The highest BCUT2D eigenvalue weighted by Crippen LogP contribution is 2.28. The summed E-state index contributed by atoms with van der Waals surface area (Å²) in [6.07, 6.45) is 3.69. The van der Waals surface area contributed by atoms with E-state index in [1.165, 1.54) is 19.3 Å². The lowest BCUT2D eigenvalue weighted by atomic mass is 10.1. The van der Waals surface area contributed by atoms with E-state index in [1.807, 2.05) is 24.3 Å². The monoisotopic (exact) mass is 385 g/mol. The number of aromatic nitrogens is 3. The molecule has 28 heavy (non-hydrogen) atoms. The Hall–Kier alpha value is -2.45. The number of hydrogen-bond donors (Lipinski definition) is 1. The van der Waals surface area contributed by atoms with E-state index in [0.29, 0.717) is 25.4 Å². The van der Waals surface area contributed by atoms with Crippen molar-refractivity contribution < 1.29 is 14.3 Å². The van der Waals surface area contributed by atoms with Crippen LogP contribution in [-0.4, -0.2) is 59.1 Å². The molecule has 8 nitrogen and oxygen atoms in total. The number of benzene rings is 1. The molecule has 2 aliphatic heterocycles. The van der Waals surface area contributed by atoms with Crippen molar-refractivity contribution >= 4 is 5.91 Å². The van der Waals surface area contributed by atoms with Crippen LogP contribution >= 0.6 is 0 Å². The maximum atomic E-state index is 12.5. The second-order valence-electron chi connectivity index (χ2n) is 7.30. The summed E-state index contributed by atoms with van der Waals surface area (Å²) in [6.45, 7) is 4.61. The summed E-state index contributed by atoms with van der Waals surface area (Å²) in [5, 5.41) is 11.3. The first kappa shape index (κ1) is 18.9. The maximum Gasteiger partial charge on any atom is 0.273 e. The molecule has 1 fully saturated rings. The first-order valence-electron chi connectivity index (χ1n) is 9.93. The number of likely N-dealkylation sites (tertiary alicyclic amines) is 1. The van der Waals surface area contributed by atoms with Crippen LogP contribution in [0, 0.1) is 0 Å². The normalized spacial score (nSPS) is 19.8. The molecule has 8 heteroatoms. The Balaban J connectivity index is 1.34. The first-order chi connectivity index (χ1) is 13.7. The van der Waals surface area contributed by atoms with Crippen molar-refractivity contribution in [1.29, 1.82) is 0 Å². The van der Waals surface area contributed by atoms with Gasteiger partial charge in [-0.2, -0.15) is 0 Å². The minimum absolute atomic E-state index is 0.116. The summed E-state index contributed by atoms with van der Waals surface area (Å²) in [5.74, 6) is 0.634. The molecule has 1 aromatic carbocycles. The van der Waals surface area contributed by atoms with Gasteiger partial charge in [0.25, 0.3) is 5.91 Å². The van der Waals surface area contributed by atoms with Crippen LogP contribution in [0.3, 0.4) is 0 Å². The largest absolute Gasteiger partial charge is 0.497 e. The Labute approximate surface area is 164 Å². The van der Waals surface area contributed by atoms with E-state index < -0.39 is 0 Å². The van der Waals surface area contributed by atoms with Crippen molar-refractivity contribution in [2.45, 2.75) is 38.5 Å². The Kier molecular flexibility index (Phi) is 5.87. The number of ether oxygens (including phenoxy) is 2. The number of hydrogen-bond acceptors (Lipinski definition) is 6. The fraction of sp³-hybridized carbons (Fsp3) is 0.550. The molecule has 0 radical (unpaired) electrons. The number of rotatable bonds is 6. The highest BCUT2D eigenvalue weighted by molar-refractivity contribution is 5.93. The number of fused-ring (bicyclic) bond motifs is 1. The summed E-state index contributed by atoms with van der Waals surface area (Å²) < 4.78 is 13.0. The van der Waals surface area contributed by atoms with Gasteiger partial charge in [-0.15, -0.1) is 5.10 Å². The van der Waals surface area contributed by atoms with Crippen LogP contribution in [0.4, 0.5) is 0 Å². The summed E-state index contributed by atoms with van der Waals surface area (Å²) in [5.41, 5.74) is 2.15. The second kappa shape index (κ2) is 8.70. The van der Waals surface area contributed by atoms with Gasteiger partial charge in [0.05, 0.1) is 26.0 Å². The zero-order chi connectivity index (χ0) is 19.3. The molecule has 2 aromatic rings. The van der Waals surface area contributed by atoms with Gasteiger partial charge < -0.3 is 19.7 Å². The number of nitrogens with zero attached hydrogens (tertiary/aromatic N) is 4. The van der Waals surface area contributed by atoms with E-state index in [4.69, 9.17) is 9.47 Å². The molecule has 1 saturated heterocycles. The molecule has 1 unspecified atom stereocenters. The molecule has 1 aromatic heterocycles. The van der Waals surface area contributed by atoms with Gasteiger partial charge >= 0.3 is 0 Å². The molecule has 0 aliphatic carbocycles. The second-order valence-corrected chi connectivity index (χ2v) is 7.30. The average molecular weight is 385 g/mol. The lowest BCUT2D eigenvalue weighted by Gasteiger charge is -2.26. The van der Waals surface area contributed by atoms with Crippen molar-refractivity contribution in [3.05, 3.63) is 41.2 Å². The van der Waals surface area contributed by atoms with Crippen LogP contribution in [0.25, 0.3) is 0 Å². The molecule has 4 rings (SSSR count). The van der Waals surface area contributed by atoms with Crippen LogP contribution in [-0.2, 0) is 17.9 Å². The number of carbonyl (C=O) groups is 1. The molecule has 0 spiro atoms. The summed E-state index contributed by atoms with van der Waals surface area (Å²) in [7, 11) is 1.65. The predicted octanol–water partition coefficient (Wildman–Crippen LogP) is 1.77. The molecule has 1 atom stereocenters. The van der Waals surface area contributed by atoms with Gasteiger partial charge in [0, 0.05) is 13.1 Å². The Morgan fingerprint density at radius 2 is 2.04 bits per heavy atom. The molecular weight excluding hydrogens is 358 g/mol. The summed E-state index contributed by atoms with van der Waals surface area (Å²) in [4.78, 5) is 14.9. The molecule has 150 valence electrons. The highest BCUT2D eigenvalue weighted by atomic mass is 16.5. The topological polar surface area (TPSA) is 81.5 Å². The zero-order valence-electron chi connectivity index (χ0n) is 16.3. The third kappa shape index (κ3) is 4.18. The minimum Gasteiger partial charge on any atom is -0.497 e. The number of methoxy groups -OCH3 is 1. The maximum absolute atomic E-state index is 12.5. The van der Waals surface area contributed by atoms with Crippen LogP contribution in [0.15, 0.2) is 24.3 Å². The smallest absolute Gasteiger partial charge is 0.273 e. The van der Waals surface area contributed by atoms with Gasteiger partial charge in [-0.3, -0.25) is 4.79 Å². The van der Waals surface area contributed by atoms with Crippen molar-refractivity contribution in [1.82, 2.24) is 25.2 Å². The third-order valence-corrected chi connectivity index (χ3v) is 5.46. The molecule has 0 saturated carbocycles.